The molecule has 0 saturated carbocycles. The molecule has 0 aliphatic carbocycles. The third-order valence-corrected chi connectivity index (χ3v) is 6.81. The molecule has 5 rings (SSSR count). The Labute approximate surface area is 222 Å². The Hall–Kier alpha value is -4.02. The van der Waals surface area contributed by atoms with Gasteiger partial charge in [0.25, 0.3) is 5.56 Å². The molecule has 2 aromatic heterocycles. The quantitative estimate of drug-likeness (QED) is 0.349. The van der Waals surface area contributed by atoms with Crippen molar-refractivity contribution in [3.05, 3.63) is 65.1 Å². The molecular formula is C28H34N8O2. The normalized spacial score (nSPS) is 15.2. The number of ether oxygens (including phenoxy) is 1. The Balaban J connectivity index is 1.50. The van der Waals surface area contributed by atoms with Crippen molar-refractivity contribution >= 4 is 28.5 Å². The van der Waals surface area contributed by atoms with Crippen molar-refractivity contribution in [2.24, 2.45) is 0 Å². The van der Waals surface area contributed by atoms with Crippen LogP contribution in [0.3, 0.4) is 0 Å². The van der Waals surface area contributed by atoms with Gasteiger partial charge in [-0.1, -0.05) is 30.3 Å². The van der Waals surface area contributed by atoms with Crippen LogP contribution in [0.4, 0.5) is 17.3 Å². The third kappa shape index (κ3) is 5.32. The average molecular weight is 515 g/mol. The predicted molar refractivity (Wildman–Crippen MR) is 152 cm³/mol. The monoisotopic (exact) mass is 514 g/mol. The number of rotatable bonds is 9. The number of nitrogens with zero attached hydrogens (tertiary/aromatic N) is 6. The summed E-state index contributed by atoms with van der Waals surface area (Å²) in [5, 5.41) is 6.64. The second-order valence-corrected chi connectivity index (χ2v) is 9.79. The highest BCUT2D eigenvalue weighted by Gasteiger charge is 2.24. The topological polar surface area (TPSA) is 100 Å². The first kappa shape index (κ1) is 25.6. The third-order valence-electron chi connectivity index (χ3n) is 6.81. The van der Waals surface area contributed by atoms with Gasteiger partial charge in [0.2, 0.25) is 5.95 Å². The van der Waals surface area contributed by atoms with Crippen molar-refractivity contribution in [1.82, 2.24) is 29.7 Å². The van der Waals surface area contributed by atoms with Crippen LogP contribution in [0.15, 0.2) is 59.5 Å². The first-order valence-corrected chi connectivity index (χ1v) is 12.8. The van der Waals surface area contributed by atoms with Gasteiger partial charge in [0.1, 0.15) is 17.0 Å². The molecule has 1 atom stereocenters. The number of hydrogen-bond acceptors (Lipinski definition) is 9. The summed E-state index contributed by atoms with van der Waals surface area (Å²) < 4.78 is 7.46. The van der Waals surface area contributed by atoms with Crippen LogP contribution in [0.5, 0.6) is 5.75 Å². The highest BCUT2D eigenvalue weighted by molar-refractivity contribution is 5.76. The summed E-state index contributed by atoms with van der Waals surface area (Å²) >= 11 is 0. The molecule has 3 heterocycles. The van der Waals surface area contributed by atoms with Crippen LogP contribution in [0, 0.1) is 0 Å². The summed E-state index contributed by atoms with van der Waals surface area (Å²) in [7, 11) is 7.83. The number of hydrogen-bond donors (Lipinski definition) is 2. The van der Waals surface area contributed by atoms with Gasteiger partial charge >= 0.3 is 0 Å². The van der Waals surface area contributed by atoms with E-state index in [-0.39, 0.29) is 11.6 Å². The Bertz CT molecular complexity index is 1470. The molecule has 4 aromatic rings. The summed E-state index contributed by atoms with van der Waals surface area (Å²) in [6, 6.07) is 15.5. The van der Waals surface area contributed by atoms with Crippen LogP contribution in [0.2, 0.25) is 0 Å². The summed E-state index contributed by atoms with van der Waals surface area (Å²) in [5.41, 5.74) is 3.94. The maximum Gasteiger partial charge on any atom is 0.279 e. The molecular weight excluding hydrogens is 480 g/mol. The number of fused-ring (bicyclic) bond motifs is 1. The number of benzene rings is 2. The molecule has 2 N–H and O–H groups in total. The van der Waals surface area contributed by atoms with Crippen LogP contribution in [0.25, 0.3) is 22.4 Å². The van der Waals surface area contributed by atoms with Crippen LogP contribution < -0.4 is 25.8 Å². The molecule has 38 heavy (non-hydrogen) atoms. The molecule has 0 amide bonds. The minimum atomic E-state index is -0.145. The lowest BCUT2D eigenvalue weighted by molar-refractivity contribution is 0.406. The van der Waals surface area contributed by atoms with E-state index >= 15 is 0 Å². The Morgan fingerprint density at radius 2 is 1.92 bits per heavy atom. The summed E-state index contributed by atoms with van der Waals surface area (Å²) in [6.45, 7) is 3.37. The fourth-order valence-electron chi connectivity index (χ4n) is 4.71. The number of aromatic nitrogens is 4. The Morgan fingerprint density at radius 1 is 1.11 bits per heavy atom. The molecule has 198 valence electrons. The molecule has 1 aliphatic heterocycles. The van der Waals surface area contributed by atoms with E-state index in [4.69, 9.17) is 9.72 Å². The molecule has 0 bridgehead atoms. The van der Waals surface area contributed by atoms with Gasteiger partial charge in [-0.2, -0.15) is 4.98 Å². The van der Waals surface area contributed by atoms with Gasteiger partial charge in [-0.25, -0.2) is 9.97 Å². The van der Waals surface area contributed by atoms with E-state index in [9.17, 15) is 4.79 Å². The summed E-state index contributed by atoms with van der Waals surface area (Å²) in [4.78, 5) is 32.0. The molecule has 0 spiro atoms. The van der Waals surface area contributed by atoms with E-state index < -0.39 is 0 Å². The van der Waals surface area contributed by atoms with E-state index in [0.717, 1.165) is 48.7 Å². The van der Waals surface area contributed by atoms with Crippen molar-refractivity contribution in [3.63, 3.8) is 0 Å². The Morgan fingerprint density at radius 3 is 2.63 bits per heavy atom. The molecule has 1 aliphatic rings. The SMILES string of the molecule is COc1cc(Nc2ncc3nc(-c4ccccc4)c(=O)n([C@H]4CCNC4)c3n2)ccc1N(C)CCN(C)C. The van der Waals surface area contributed by atoms with E-state index in [0.29, 0.717) is 29.4 Å². The molecule has 10 heteroatoms. The maximum atomic E-state index is 13.7. The zero-order valence-electron chi connectivity index (χ0n) is 22.3. The second-order valence-electron chi connectivity index (χ2n) is 9.79. The first-order chi connectivity index (χ1) is 18.4. The lowest BCUT2D eigenvalue weighted by atomic mass is 10.1. The lowest BCUT2D eigenvalue weighted by Crippen LogP contribution is -2.29. The van der Waals surface area contributed by atoms with Gasteiger partial charge < -0.3 is 25.2 Å². The molecule has 1 fully saturated rings. The van der Waals surface area contributed by atoms with E-state index in [1.54, 1.807) is 17.9 Å². The molecule has 10 nitrogen and oxygen atoms in total. The summed E-state index contributed by atoms with van der Waals surface area (Å²) in [5.74, 6) is 1.14. The molecule has 0 unspecified atom stereocenters. The van der Waals surface area contributed by atoms with Crippen molar-refractivity contribution in [3.8, 4) is 17.0 Å². The highest BCUT2D eigenvalue weighted by Crippen LogP contribution is 2.31. The minimum absolute atomic E-state index is 0.00436. The smallest absolute Gasteiger partial charge is 0.279 e. The maximum absolute atomic E-state index is 13.7. The largest absolute Gasteiger partial charge is 0.495 e. The average Bonchev–Trinajstić information content (AvgIpc) is 3.46. The number of methoxy groups -OCH3 is 1. The van der Waals surface area contributed by atoms with Crippen molar-refractivity contribution in [1.29, 1.82) is 0 Å². The zero-order valence-corrected chi connectivity index (χ0v) is 22.3. The number of nitrogens with one attached hydrogen (secondary N) is 2. The van der Waals surface area contributed by atoms with Gasteiger partial charge in [0, 0.05) is 44.0 Å². The molecule has 1 saturated heterocycles. The van der Waals surface area contributed by atoms with E-state index in [2.05, 4.69) is 51.5 Å². The van der Waals surface area contributed by atoms with E-state index in [1.807, 2.05) is 48.5 Å². The van der Waals surface area contributed by atoms with Gasteiger partial charge in [-0.3, -0.25) is 9.36 Å². The van der Waals surface area contributed by atoms with Crippen LogP contribution in [-0.4, -0.2) is 78.9 Å². The first-order valence-electron chi connectivity index (χ1n) is 12.8. The summed E-state index contributed by atoms with van der Waals surface area (Å²) in [6.07, 6.45) is 2.52. The second kappa shape index (κ2) is 11.2. The van der Waals surface area contributed by atoms with Crippen molar-refractivity contribution < 1.29 is 4.74 Å². The predicted octanol–water partition coefficient (Wildman–Crippen LogP) is 3.14. The number of likely N-dealkylation sites (N-methyl/N-ethyl adjacent to an activating group) is 2. The molecule has 0 radical (unpaired) electrons. The standard InChI is InChI=1S/C28H34N8O2/c1-34(2)14-15-35(3)23-11-10-20(16-24(23)38-4)31-28-30-18-22-26(33-28)36(21-12-13-29-17-21)27(37)25(32-22)19-8-6-5-7-9-19/h5-11,16,18,21,29H,12-15,17H2,1-4H3,(H,30,31,33)/t21-/m0/s1. The van der Waals surface area contributed by atoms with Gasteiger partial charge in [-0.15, -0.1) is 0 Å². The Kier molecular flexibility index (Phi) is 7.52. The zero-order chi connectivity index (χ0) is 26.6. The lowest BCUT2D eigenvalue weighted by Gasteiger charge is -2.24. The van der Waals surface area contributed by atoms with Gasteiger partial charge in [-0.05, 0) is 39.2 Å². The van der Waals surface area contributed by atoms with Gasteiger partial charge in [0.15, 0.2) is 5.65 Å². The fraction of sp³-hybridized carbons (Fsp3) is 0.357. The minimum Gasteiger partial charge on any atom is -0.495 e. The van der Waals surface area contributed by atoms with E-state index in [1.165, 1.54) is 0 Å². The number of anilines is 3. The van der Waals surface area contributed by atoms with Crippen LogP contribution in [0.1, 0.15) is 12.5 Å². The van der Waals surface area contributed by atoms with Crippen molar-refractivity contribution in [2.45, 2.75) is 12.5 Å². The van der Waals surface area contributed by atoms with Crippen LogP contribution >= 0.6 is 0 Å². The molecule has 2 aromatic carbocycles. The van der Waals surface area contributed by atoms with Crippen molar-refractivity contribution in [2.75, 3.05) is 64.6 Å². The van der Waals surface area contributed by atoms with Crippen LogP contribution in [-0.2, 0) is 0 Å². The highest BCUT2D eigenvalue weighted by atomic mass is 16.5. The fourth-order valence-corrected chi connectivity index (χ4v) is 4.71. The van der Waals surface area contributed by atoms with Gasteiger partial charge in [0.05, 0.1) is 25.0 Å².